The van der Waals surface area contributed by atoms with Gasteiger partial charge in [-0.25, -0.2) is 0 Å². The van der Waals surface area contributed by atoms with E-state index in [-0.39, 0.29) is 11.9 Å². The van der Waals surface area contributed by atoms with Crippen LogP contribution in [-0.4, -0.2) is 38.6 Å². The molecule has 15 heavy (non-hydrogen) atoms. The van der Waals surface area contributed by atoms with E-state index in [2.05, 4.69) is 31.3 Å². The van der Waals surface area contributed by atoms with Gasteiger partial charge in [-0.15, -0.1) is 5.10 Å². The maximum Gasteiger partial charge on any atom is 0.269 e. The molecular weight excluding hydrogens is 196 g/mol. The second-order valence-electron chi connectivity index (χ2n) is 3.91. The van der Waals surface area contributed by atoms with Crippen LogP contribution in [0.5, 0.6) is 0 Å². The molecule has 0 aromatic carbocycles. The Morgan fingerprint density at radius 1 is 1.53 bits per heavy atom. The van der Waals surface area contributed by atoms with Crippen molar-refractivity contribution in [1.82, 2.24) is 25.9 Å². The summed E-state index contributed by atoms with van der Waals surface area (Å²) < 4.78 is 0. The van der Waals surface area contributed by atoms with Crippen molar-refractivity contribution in [2.24, 2.45) is 0 Å². The summed E-state index contributed by atoms with van der Waals surface area (Å²) in [5.41, 5.74) is -0.515. The minimum atomic E-state index is -0.515. The number of H-pyrrole nitrogens is 1. The van der Waals surface area contributed by atoms with Gasteiger partial charge < -0.3 is 5.32 Å². The summed E-state index contributed by atoms with van der Waals surface area (Å²) in [6, 6.07) is 0. The Balaban J connectivity index is 2.00. The van der Waals surface area contributed by atoms with Crippen LogP contribution in [-0.2, 0) is 4.79 Å². The molecule has 0 spiro atoms. The van der Waals surface area contributed by atoms with Gasteiger partial charge in [0.05, 0.1) is 5.54 Å². The first-order valence-electron chi connectivity index (χ1n) is 5.01. The number of carbonyl (C=O) groups is 1. The number of amides is 1. The number of hydrogen-bond acceptors (Lipinski definition) is 5. The summed E-state index contributed by atoms with van der Waals surface area (Å²) in [6.07, 6.45) is 3.00. The van der Waals surface area contributed by atoms with Crippen molar-refractivity contribution in [3.63, 3.8) is 0 Å². The molecule has 1 atom stereocenters. The molecular formula is C8H14N6O. The minimum absolute atomic E-state index is 0.108. The van der Waals surface area contributed by atoms with Crippen LogP contribution in [0.3, 0.4) is 0 Å². The summed E-state index contributed by atoms with van der Waals surface area (Å²) in [5.74, 6) is 0.109. The number of aromatic amines is 1. The van der Waals surface area contributed by atoms with Crippen molar-refractivity contribution in [3.05, 3.63) is 0 Å². The number of carbonyl (C=O) groups excluding carboxylic acids is 1. The quantitative estimate of drug-likeness (QED) is 0.621. The molecule has 1 amide bonds. The first-order valence-corrected chi connectivity index (χ1v) is 5.01. The highest BCUT2D eigenvalue weighted by Crippen LogP contribution is 2.19. The largest absolute Gasteiger partial charge is 0.304 e. The molecule has 0 saturated carbocycles. The molecule has 0 aliphatic carbocycles. The Morgan fingerprint density at radius 3 is 3.00 bits per heavy atom. The smallest absolute Gasteiger partial charge is 0.269 e. The molecule has 1 aromatic heterocycles. The van der Waals surface area contributed by atoms with E-state index in [0.29, 0.717) is 0 Å². The van der Waals surface area contributed by atoms with Crippen LogP contribution in [0, 0.1) is 0 Å². The van der Waals surface area contributed by atoms with Crippen molar-refractivity contribution in [1.29, 1.82) is 0 Å². The van der Waals surface area contributed by atoms with Crippen LogP contribution in [0.4, 0.5) is 5.95 Å². The van der Waals surface area contributed by atoms with Gasteiger partial charge in [0.15, 0.2) is 0 Å². The molecule has 1 aromatic rings. The monoisotopic (exact) mass is 210 g/mol. The second-order valence-corrected chi connectivity index (χ2v) is 3.91. The highest BCUT2D eigenvalue weighted by Gasteiger charge is 2.34. The third-order valence-electron chi connectivity index (χ3n) is 2.69. The van der Waals surface area contributed by atoms with E-state index in [1.54, 1.807) is 0 Å². The van der Waals surface area contributed by atoms with Gasteiger partial charge in [0.2, 0.25) is 5.91 Å². The summed E-state index contributed by atoms with van der Waals surface area (Å²) in [4.78, 5) is 11.9. The Bertz CT molecular complexity index is 329. The summed E-state index contributed by atoms with van der Waals surface area (Å²) in [6.45, 7) is 2.76. The number of anilines is 1. The average Bonchev–Trinajstić information content (AvgIpc) is 2.71. The van der Waals surface area contributed by atoms with E-state index in [0.717, 1.165) is 25.8 Å². The zero-order valence-corrected chi connectivity index (χ0v) is 8.58. The van der Waals surface area contributed by atoms with Crippen LogP contribution in [0.2, 0.25) is 0 Å². The lowest BCUT2D eigenvalue weighted by molar-refractivity contribution is -0.122. The SMILES string of the molecule is CC1(C(=O)Nc2nn[nH]n2)CCCCN1. The fraction of sp³-hybridized carbons (Fsp3) is 0.750. The van der Waals surface area contributed by atoms with Gasteiger partial charge in [0.1, 0.15) is 0 Å². The van der Waals surface area contributed by atoms with Gasteiger partial charge in [-0.2, -0.15) is 5.21 Å². The molecule has 1 aliphatic heterocycles. The normalized spacial score (nSPS) is 26.2. The predicted molar refractivity (Wildman–Crippen MR) is 53.1 cm³/mol. The lowest BCUT2D eigenvalue weighted by Gasteiger charge is -2.32. The lowest BCUT2D eigenvalue weighted by atomic mass is 9.90. The molecule has 7 heteroatoms. The van der Waals surface area contributed by atoms with Crippen LogP contribution >= 0.6 is 0 Å². The van der Waals surface area contributed by atoms with E-state index in [9.17, 15) is 4.79 Å². The van der Waals surface area contributed by atoms with Crippen LogP contribution in [0.1, 0.15) is 26.2 Å². The summed E-state index contributed by atoms with van der Waals surface area (Å²) >= 11 is 0. The third-order valence-corrected chi connectivity index (χ3v) is 2.69. The van der Waals surface area contributed by atoms with Gasteiger partial charge >= 0.3 is 0 Å². The zero-order chi connectivity index (χ0) is 10.7. The van der Waals surface area contributed by atoms with E-state index in [1.165, 1.54) is 0 Å². The molecule has 1 fully saturated rings. The van der Waals surface area contributed by atoms with Gasteiger partial charge in [-0.3, -0.25) is 10.1 Å². The van der Waals surface area contributed by atoms with Crippen LogP contribution < -0.4 is 10.6 Å². The van der Waals surface area contributed by atoms with E-state index < -0.39 is 5.54 Å². The van der Waals surface area contributed by atoms with Crippen LogP contribution in [0.15, 0.2) is 0 Å². The maximum atomic E-state index is 11.9. The topological polar surface area (TPSA) is 95.6 Å². The second kappa shape index (κ2) is 3.93. The van der Waals surface area contributed by atoms with E-state index in [1.807, 2.05) is 6.92 Å². The number of tetrazole rings is 1. The molecule has 1 unspecified atom stereocenters. The maximum absolute atomic E-state index is 11.9. The number of rotatable bonds is 2. The Labute approximate surface area is 87.0 Å². The predicted octanol–water partition coefficient (Wildman–Crippen LogP) is -0.330. The standard InChI is InChI=1S/C8H14N6O/c1-8(4-2-3-5-9-8)6(15)10-7-11-13-14-12-7/h9H,2-5H2,1H3,(H2,10,11,12,13,14,15). The molecule has 2 rings (SSSR count). The van der Waals surface area contributed by atoms with Gasteiger partial charge in [0, 0.05) is 0 Å². The molecule has 3 N–H and O–H groups in total. The van der Waals surface area contributed by atoms with Gasteiger partial charge in [0.25, 0.3) is 5.95 Å². The number of piperidine rings is 1. The minimum Gasteiger partial charge on any atom is -0.304 e. The van der Waals surface area contributed by atoms with Crippen molar-refractivity contribution in [3.8, 4) is 0 Å². The number of nitrogens with one attached hydrogen (secondary N) is 3. The average molecular weight is 210 g/mol. The number of aromatic nitrogens is 4. The molecule has 1 aliphatic rings. The fourth-order valence-electron chi connectivity index (χ4n) is 1.70. The number of hydrogen-bond donors (Lipinski definition) is 3. The first-order chi connectivity index (χ1) is 7.21. The molecule has 7 nitrogen and oxygen atoms in total. The van der Waals surface area contributed by atoms with E-state index in [4.69, 9.17) is 0 Å². The van der Waals surface area contributed by atoms with Gasteiger partial charge in [-0.1, -0.05) is 5.10 Å². The molecule has 1 saturated heterocycles. The Kier molecular flexibility index (Phi) is 2.63. The zero-order valence-electron chi connectivity index (χ0n) is 8.58. The van der Waals surface area contributed by atoms with Crippen molar-refractivity contribution < 1.29 is 4.79 Å². The Hall–Kier alpha value is -1.50. The third kappa shape index (κ3) is 2.12. The molecule has 2 heterocycles. The number of nitrogens with zero attached hydrogens (tertiary/aromatic N) is 3. The molecule has 0 bridgehead atoms. The fourth-order valence-corrected chi connectivity index (χ4v) is 1.70. The van der Waals surface area contributed by atoms with Crippen molar-refractivity contribution in [2.45, 2.75) is 31.7 Å². The first kappa shape index (κ1) is 10.0. The molecule has 0 radical (unpaired) electrons. The summed E-state index contributed by atoms with van der Waals surface area (Å²) in [7, 11) is 0. The van der Waals surface area contributed by atoms with Gasteiger partial charge in [-0.05, 0) is 37.9 Å². The van der Waals surface area contributed by atoms with Crippen LogP contribution in [0.25, 0.3) is 0 Å². The summed E-state index contributed by atoms with van der Waals surface area (Å²) in [5, 5.41) is 18.8. The Morgan fingerprint density at radius 2 is 2.40 bits per heavy atom. The van der Waals surface area contributed by atoms with Crippen molar-refractivity contribution >= 4 is 11.9 Å². The highest BCUT2D eigenvalue weighted by molar-refractivity contribution is 5.96. The highest BCUT2D eigenvalue weighted by atomic mass is 16.2. The molecule has 82 valence electrons. The van der Waals surface area contributed by atoms with E-state index >= 15 is 0 Å². The lowest BCUT2D eigenvalue weighted by Crippen LogP contribution is -2.54. The van der Waals surface area contributed by atoms with Crippen molar-refractivity contribution in [2.75, 3.05) is 11.9 Å².